The molecule has 0 heterocycles. The Hall–Kier alpha value is 0.279. The third-order valence-electron chi connectivity index (χ3n) is 1.13. The van der Waals surface area contributed by atoms with E-state index in [2.05, 4.69) is 33.5 Å². The predicted molar refractivity (Wildman–Crippen MR) is 52.1 cm³/mol. The van der Waals surface area contributed by atoms with Crippen LogP contribution in [-0.2, 0) is 0 Å². The zero-order chi connectivity index (χ0) is 8.20. The predicted octanol–water partition coefficient (Wildman–Crippen LogP) is 3.46. The average molecular weight is 245 g/mol. The summed E-state index contributed by atoms with van der Waals surface area (Å²) in [6.07, 6.45) is 4.40. The molecule has 0 N–H and O–H groups in total. The Morgan fingerprint density at radius 2 is 1.90 bits per heavy atom. The standard InChI is InChI=1S/C6H9.3CH3.Sn/c1-4-5-6(2)3;;;;/h4-5H,1-2H2,3H3;3*1H3;/b5-4+;;;;. The van der Waals surface area contributed by atoms with Gasteiger partial charge in [-0.05, 0) is 0 Å². The van der Waals surface area contributed by atoms with E-state index in [1.807, 2.05) is 6.92 Å². The molecule has 0 radical (unpaired) electrons. The molecule has 0 bridgehead atoms. The minimum absolute atomic E-state index is 1.16. The molecular weight excluding hydrogens is 227 g/mol. The summed E-state index contributed by atoms with van der Waals surface area (Å²) in [7, 11) is 0. The van der Waals surface area contributed by atoms with E-state index in [4.69, 9.17) is 0 Å². The fourth-order valence-electron chi connectivity index (χ4n) is 0.614. The normalized spacial score (nSPS) is 12.4. The molecule has 58 valence electrons. The Bertz CT molecular complexity index is 137. The molecule has 0 unspecified atom stereocenters. The molecule has 1 heteroatoms. The van der Waals surface area contributed by atoms with Gasteiger partial charge in [0.05, 0.1) is 0 Å². The number of allylic oxidation sites excluding steroid dienone is 3. The zero-order valence-electron chi connectivity index (χ0n) is 7.57. The first-order valence-electron chi connectivity index (χ1n) is 3.74. The molecule has 0 aromatic rings. The van der Waals surface area contributed by atoms with E-state index in [1.165, 1.54) is 4.44 Å². The van der Waals surface area contributed by atoms with Crippen LogP contribution in [0.5, 0.6) is 0 Å². The second-order valence-electron chi connectivity index (χ2n) is 4.01. The van der Waals surface area contributed by atoms with E-state index in [1.54, 1.807) is 0 Å². The van der Waals surface area contributed by atoms with Gasteiger partial charge in [0.2, 0.25) is 0 Å². The van der Waals surface area contributed by atoms with Gasteiger partial charge in [-0.3, -0.25) is 0 Å². The van der Waals surface area contributed by atoms with Crippen LogP contribution in [-0.4, -0.2) is 18.4 Å². The topological polar surface area (TPSA) is 0 Å². The summed E-state index contributed by atoms with van der Waals surface area (Å²) in [5.74, 6) is 0. The van der Waals surface area contributed by atoms with Gasteiger partial charge >= 0.3 is 68.9 Å². The first-order chi connectivity index (χ1) is 4.42. The molecular formula is C9H18Sn. The van der Waals surface area contributed by atoms with Crippen LogP contribution in [0.3, 0.4) is 0 Å². The van der Waals surface area contributed by atoms with Crippen LogP contribution in [0.25, 0.3) is 0 Å². The molecule has 0 saturated heterocycles. The summed E-state index contributed by atoms with van der Waals surface area (Å²) >= 11 is -1.50. The summed E-state index contributed by atoms with van der Waals surface area (Å²) in [6.45, 7) is 5.85. The minimum atomic E-state index is -1.50. The van der Waals surface area contributed by atoms with E-state index >= 15 is 0 Å². The monoisotopic (exact) mass is 246 g/mol. The molecule has 0 spiro atoms. The van der Waals surface area contributed by atoms with Crippen molar-refractivity contribution in [3.63, 3.8) is 0 Å². The third kappa shape index (κ3) is 8.28. The average Bonchev–Trinajstić information content (AvgIpc) is 1.59. The van der Waals surface area contributed by atoms with E-state index in [-0.39, 0.29) is 0 Å². The zero-order valence-corrected chi connectivity index (χ0v) is 10.4. The van der Waals surface area contributed by atoms with Crippen LogP contribution >= 0.6 is 0 Å². The van der Waals surface area contributed by atoms with Crippen molar-refractivity contribution >= 4 is 18.4 Å². The Labute approximate surface area is 68.9 Å². The van der Waals surface area contributed by atoms with Crippen LogP contribution in [0.2, 0.25) is 19.3 Å². The van der Waals surface area contributed by atoms with E-state index in [0.717, 1.165) is 5.57 Å². The van der Waals surface area contributed by atoms with Gasteiger partial charge in [0.25, 0.3) is 0 Å². The van der Waals surface area contributed by atoms with Crippen molar-refractivity contribution in [3.05, 3.63) is 24.3 Å². The Balaban J connectivity index is 3.64. The van der Waals surface area contributed by atoms with E-state index < -0.39 is 18.4 Å². The Kier molecular flexibility index (Phi) is 4.34. The molecule has 0 atom stereocenters. The third-order valence-corrected chi connectivity index (χ3v) is 5.30. The van der Waals surface area contributed by atoms with E-state index in [0.29, 0.717) is 0 Å². The SMILES string of the molecule is C=C(C)/C=C/[CH2][Sn]([CH3])([CH3])[CH3]. The van der Waals surface area contributed by atoms with Crippen molar-refractivity contribution in [1.29, 1.82) is 0 Å². The van der Waals surface area contributed by atoms with Gasteiger partial charge in [0, 0.05) is 0 Å². The van der Waals surface area contributed by atoms with Crippen molar-refractivity contribution in [2.75, 3.05) is 0 Å². The number of hydrogen-bond donors (Lipinski definition) is 0. The summed E-state index contributed by atoms with van der Waals surface area (Å²) in [5, 5.41) is 0. The molecule has 0 amide bonds. The van der Waals surface area contributed by atoms with Gasteiger partial charge in [-0.1, -0.05) is 0 Å². The van der Waals surface area contributed by atoms with Gasteiger partial charge in [0.15, 0.2) is 0 Å². The first-order valence-corrected chi connectivity index (χ1v) is 14.3. The van der Waals surface area contributed by atoms with Gasteiger partial charge in [-0.15, -0.1) is 0 Å². The van der Waals surface area contributed by atoms with Crippen molar-refractivity contribution in [1.82, 2.24) is 0 Å². The number of rotatable bonds is 3. The molecule has 0 aliphatic rings. The quantitative estimate of drug-likeness (QED) is 0.527. The molecule has 0 aromatic carbocycles. The van der Waals surface area contributed by atoms with Crippen LogP contribution in [0.4, 0.5) is 0 Å². The molecule has 0 aliphatic heterocycles. The maximum absolute atomic E-state index is 3.81. The fourth-order valence-corrected chi connectivity index (χ4v) is 2.97. The van der Waals surface area contributed by atoms with Crippen molar-refractivity contribution in [3.8, 4) is 0 Å². The second-order valence-corrected chi connectivity index (χ2v) is 19.8. The van der Waals surface area contributed by atoms with E-state index in [9.17, 15) is 0 Å². The summed E-state index contributed by atoms with van der Waals surface area (Å²) in [6, 6.07) is 0. The van der Waals surface area contributed by atoms with Crippen molar-refractivity contribution in [2.45, 2.75) is 26.2 Å². The van der Waals surface area contributed by atoms with Crippen molar-refractivity contribution in [2.24, 2.45) is 0 Å². The van der Waals surface area contributed by atoms with Crippen LogP contribution < -0.4 is 0 Å². The summed E-state index contributed by atoms with van der Waals surface area (Å²) in [4.78, 5) is 7.33. The van der Waals surface area contributed by atoms with Crippen molar-refractivity contribution < 1.29 is 0 Å². The second kappa shape index (κ2) is 4.22. The fraction of sp³-hybridized carbons (Fsp3) is 0.556. The molecule has 0 rings (SSSR count). The van der Waals surface area contributed by atoms with Crippen LogP contribution in [0.15, 0.2) is 24.3 Å². The molecule has 0 aliphatic carbocycles. The van der Waals surface area contributed by atoms with Gasteiger partial charge < -0.3 is 0 Å². The summed E-state index contributed by atoms with van der Waals surface area (Å²) in [5.41, 5.74) is 1.16. The van der Waals surface area contributed by atoms with Crippen LogP contribution in [0, 0.1) is 0 Å². The van der Waals surface area contributed by atoms with Gasteiger partial charge in [-0.25, -0.2) is 0 Å². The first kappa shape index (κ1) is 10.3. The summed E-state index contributed by atoms with van der Waals surface area (Å²) < 4.78 is 1.33. The molecule has 0 aromatic heterocycles. The number of hydrogen-bond acceptors (Lipinski definition) is 0. The molecule has 10 heavy (non-hydrogen) atoms. The van der Waals surface area contributed by atoms with Crippen LogP contribution in [0.1, 0.15) is 6.92 Å². The molecule has 0 fully saturated rings. The maximum atomic E-state index is 3.81. The Morgan fingerprint density at radius 3 is 2.20 bits per heavy atom. The Morgan fingerprint density at radius 1 is 1.40 bits per heavy atom. The van der Waals surface area contributed by atoms with Gasteiger partial charge in [-0.2, -0.15) is 0 Å². The molecule has 0 saturated carbocycles. The molecule has 0 nitrogen and oxygen atoms in total. The van der Waals surface area contributed by atoms with Gasteiger partial charge in [0.1, 0.15) is 0 Å².